The summed E-state index contributed by atoms with van der Waals surface area (Å²) in [6, 6.07) is 22.6. The van der Waals surface area contributed by atoms with Crippen LogP contribution in [0.1, 0.15) is 15.9 Å². The molecule has 3 rings (SSSR count). The molecule has 0 aliphatic rings. The van der Waals surface area contributed by atoms with E-state index in [4.69, 9.17) is 0 Å². The number of alkyl halides is 3. The number of amides is 1. The molecule has 5 nitrogen and oxygen atoms in total. The third-order valence-electron chi connectivity index (χ3n) is 4.46. The van der Waals surface area contributed by atoms with Gasteiger partial charge in [0.2, 0.25) is 0 Å². The fourth-order valence-electron chi connectivity index (χ4n) is 2.82. The number of halogens is 3. The summed E-state index contributed by atoms with van der Waals surface area (Å²) < 4.78 is 60.8. The van der Waals surface area contributed by atoms with E-state index in [2.05, 4.69) is 5.32 Å². The van der Waals surface area contributed by atoms with Crippen molar-refractivity contribution < 1.29 is 26.4 Å². The minimum Gasteiger partial charge on any atom is -0.352 e. The van der Waals surface area contributed by atoms with E-state index >= 15 is 0 Å². The van der Waals surface area contributed by atoms with Crippen molar-refractivity contribution in [3.05, 3.63) is 90.0 Å². The fourth-order valence-corrected chi connectivity index (χ4v) is 3.38. The predicted molar refractivity (Wildman–Crippen MR) is 113 cm³/mol. The zero-order valence-electron chi connectivity index (χ0n) is 16.2. The van der Waals surface area contributed by atoms with Crippen molar-refractivity contribution in [2.24, 2.45) is 0 Å². The second-order valence-electron chi connectivity index (χ2n) is 6.70. The molecule has 0 spiro atoms. The molecular weight excluding hydrogens is 429 g/mol. The van der Waals surface area contributed by atoms with Crippen LogP contribution in [0.5, 0.6) is 0 Å². The molecule has 9 heteroatoms. The number of nitrogens with one attached hydrogen (secondary N) is 2. The van der Waals surface area contributed by atoms with Crippen molar-refractivity contribution in [2.45, 2.75) is 11.9 Å². The van der Waals surface area contributed by atoms with Gasteiger partial charge in [0.1, 0.15) is 0 Å². The standard InChI is InChI=1S/C22H19F3N2O3S/c23-22(24,25)31(29,30)27-20-12-10-19(11-13-20)21(28)26-15-14-16-6-8-18(9-7-16)17-4-2-1-3-5-17/h1-13,27H,14-15H2,(H,26,28). The van der Waals surface area contributed by atoms with Crippen LogP contribution < -0.4 is 10.0 Å². The molecule has 3 aromatic carbocycles. The SMILES string of the molecule is O=C(NCCc1ccc(-c2ccccc2)cc1)c1ccc(NS(=O)(=O)C(F)(F)F)cc1. The van der Waals surface area contributed by atoms with Gasteiger partial charge >= 0.3 is 15.5 Å². The van der Waals surface area contributed by atoms with Crippen molar-refractivity contribution in [3.63, 3.8) is 0 Å². The summed E-state index contributed by atoms with van der Waals surface area (Å²) in [5.41, 5.74) is -2.25. The first-order chi connectivity index (χ1) is 14.7. The lowest BCUT2D eigenvalue weighted by Gasteiger charge is -2.11. The van der Waals surface area contributed by atoms with Crippen molar-refractivity contribution in [1.29, 1.82) is 0 Å². The highest BCUT2D eigenvalue weighted by atomic mass is 32.2. The number of anilines is 1. The van der Waals surface area contributed by atoms with Crippen LogP contribution in [0.4, 0.5) is 18.9 Å². The third-order valence-corrected chi connectivity index (χ3v) is 5.58. The minimum absolute atomic E-state index is 0.203. The molecular formula is C22H19F3N2O3S. The maximum absolute atomic E-state index is 12.4. The molecule has 0 aliphatic carbocycles. The average Bonchev–Trinajstić information content (AvgIpc) is 2.74. The zero-order valence-corrected chi connectivity index (χ0v) is 17.0. The molecule has 0 atom stereocenters. The van der Waals surface area contributed by atoms with Crippen LogP contribution in [0.3, 0.4) is 0 Å². The summed E-state index contributed by atoms with van der Waals surface area (Å²) in [7, 11) is -5.50. The molecule has 0 aromatic heterocycles. The van der Waals surface area contributed by atoms with Gasteiger partial charge in [0, 0.05) is 17.8 Å². The van der Waals surface area contributed by atoms with Crippen LogP contribution in [0.15, 0.2) is 78.9 Å². The minimum atomic E-state index is -5.50. The predicted octanol–water partition coefficient (Wildman–Crippen LogP) is 4.59. The summed E-state index contributed by atoms with van der Waals surface area (Å²) >= 11 is 0. The van der Waals surface area contributed by atoms with Gasteiger partial charge in [0.15, 0.2) is 0 Å². The van der Waals surface area contributed by atoms with Gasteiger partial charge in [0.25, 0.3) is 5.91 Å². The Kier molecular flexibility index (Phi) is 6.65. The van der Waals surface area contributed by atoms with Gasteiger partial charge in [-0.3, -0.25) is 9.52 Å². The van der Waals surface area contributed by atoms with Crippen molar-refractivity contribution in [2.75, 3.05) is 11.3 Å². The van der Waals surface area contributed by atoms with Gasteiger partial charge in [-0.15, -0.1) is 0 Å². The summed E-state index contributed by atoms with van der Waals surface area (Å²) in [6.07, 6.45) is 0.601. The lowest BCUT2D eigenvalue weighted by Crippen LogP contribution is -2.30. The number of carbonyl (C=O) groups is 1. The Morgan fingerprint density at radius 1 is 0.806 bits per heavy atom. The number of carbonyl (C=O) groups excluding carboxylic acids is 1. The van der Waals surface area contributed by atoms with Crippen LogP contribution in [-0.4, -0.2) is 26.4 Å². The quantitative estimate of drug-likeness (QED) is 0.555. The number of hydrogen-bond acceptors (Lipinski definition) is 3. The van der Waals surface area contributed by atoms with Gasteiger partial charge in [-0.2, -0.15) is 21.6 Å². The normalized spacial score (nSPS) is 11.7. The Hall–Kier alpha value is -3.33. The van der Waals surface area contributed by atoms with Gasteiger partial charge < -0.3 is 5.32 Å². The molecule has 0 bridgehead atoms. The van der Waals surface area contributed by atoms with Gasteiger partial charge in [0.05, 0.1) is 0 Å². The number of hydrogen-bond donors (Lipinski definition) is 2. The van der Waals surface area contributed by atoms with E-state index in [0.29, 0.717) is 13.0 Å². The van der Waals surface area contributed by atoms with Crippen LogP contribution in [-0.2, 0) is 16.4 Å². The third kappa shape index (κ3) is 5.85. The summed E-state index contributed by atoms with van der Waals surface area (Å²) in [6.45, 7) is 0.367. The Bertz CT molecular complexity index is 1130. The lowest BCUT2D eigenvalue weighted by molar-refractivity contribution is -0.0429. The van der Waals surface area contributed by atoms with Gasteiger partial charge in [-0.1, -0.05) is 54.6 Å². The molecule has 0 saturated carbocycles. The van der Waals surface area contributed by atoms with Crippen LogP contribution in [0.2, 0.25) is 0 Å². The molecule has 162 valence electrons. The molecule has 0 unspecified atom stereocenters. The van der Waals surface area contributed by atoms with E-state index in [0.717, 1.165) is 28.8 Å². The second-order valence-corrected chi connectivity index (χ2v) is 8.37. The number of sulfonamides is 1. The Morgan fingerprint density at radius 3 is 1.97 bits per heavy atom. The Balaban J connectivity index is 1.52. The van der Waals surface area contributed by atoms with E-state index in [1.54, 1.807) is 0 Å². The molecule has 0 aliphatic heterocycles. The van der Waals surface area contributed by atoms with E-state index in [1.807, 2.05) is 54.6 Å². The zero-order chi connectivity index (χ0) is 22.5. The number of benzene rings is 3. The first-order valence-corrected chi connectivity index (χ1v) is 10.8. The van der Waals surface area contributed by atoms with Crippen LogP contribution in [0, 0.1) is 0 Å². The molecule has 1 amide bonds. The molecule has 31 heavy (non-hydrogen) atoms. The van der Waals surface area contributed by atoms with E-state index in [1.165, 1.54) is 16.9 Å². The highest BCUT2D eigenvalue weighted by molar-refractivity contribution is 7.93. The molecule has 0 fully saturated rings. The summed E-state index contributed by atoms with van der Waals surface area (Å²) in [4.78, 5) is 12.2. The molecule has 0 radical (unpaired) electrons. The van der Waals surface area contributed by atoms with Gasteiger partial charge in [-0.25, -0.2) is 0 Å². The molecule has 0 heterocycles. The fraction of sp³-hybridized carbons (Fsp3) is 0.136. The second kappa shape index (κ2) is 9.22. The van der Waals surface area contributed by atoms with Crippen molar-refractivity contribution in [1.82, 2.24) is 5.32 Å². The lowest BCUT2D eigenvalue weighted by atomic mass is 10.0. The number of rotatable bonds is 7. The largest absolute Gasteiger partial charge is 0.516 e. The first-order valence-electron chi connectivity index (χ1n) is 9.27. The Morgan fingerprint density at radius 2 is 1.39 bits per heavy atom. The average molecular weight is 448 g/mol. The van der Waals surface area contributed by atoms with Crippen LogP contribution in [0.25, 0.3) is 11.1 Å². The van der Waals surface area contributed by atoms with Gasteiger partial charge in [-0.05, 0) is 47.4 Å². The maximum atomic E-state index is 12.4. The topological polar surface area (TPSA) is 75.3 Å². The van der Waals surface area contributed by atoms with E-state index < -0.39 is 21.4 Å². The molecule has 0 saturated heterocycles. The highest BCUT2D eigenvalue weighted by Crippen LogP contribution is 2.25. The summed E-state index contributed by atoms with van der Waals surface area (Å²) in [5.74, 6) is -0.411. The summed E-state index contributed by atoms with van der Waals surface area (Å²) in [5, 5.41) is 2.73. The maximum Gasteiger partial charge on any atom is 0.516 e. The monoisotopic (exact) mass is 448 g/mol. The van der Waals surface area contributed by atoms with Crippen molar-refractivity contribution in [3.8, 4) is 11.1 Å². The molecule has 2 N–H and O–H groups in total. The van der Waals surface area contributed by atoms with E-state index in [-0.39, 0.29) is 11.3 Å². The Labute approximate surface area is 178 Å². The van der Waals surface area contributed by atoms with Crippen LogP contribution >= 0.6 is 0 Å². The molecule has 3 aromatic rings. The smallest absolute Gasteiger partial charge is 0.352 e. The van der Waals surface area contributed by atoms with Crippen molar-refractivity contribution >= 4 is 21.6 Å². The first kappa shape index (κ1) is 22.4. The van der Waals surface area contributed by atoms with E-state index in [9.17, 15) is 26.4 Å². The highest BCUT2D eigenvalue weighted by Gasteiger charge is 2.46.